The van der Waals surface area contributed by atoms with Crippen molar-refractivity contribution < 1.29 is 0 Å². The summed E-state index contributed by atoms with van der Waals surface area (Å²) in [5, 5.41) is 20.6. The van der Waals surface area contributed by atoms with E-state index < -0.39 is 0 Å². The van der Waals surface area contributed by atoms with Crippen LogP contribution in [0.3, 0.4) is 0 Å². The molecule has 0 saturated carbocycles. The number of piperidine rings is 1. The Hall–Kier alpha value is -3.18. The molecule has 4 aromatic heterocycles. The molecule has 0 atom stereocenters. The summed E-state index contributed by atoms with van der Waals surface area (Å²) in [5.74, 6) is 2.75. The quantitative estimate of drug-likeness (QED) is 0.357. The van der Waals surface area contributed by atoms with Gasteiger partial charge in [-0.3, -0.25) is 18.3 Å². The van der Waals surface area contributed by atoms with Crippen molar-refractivity contribution in [3.8, 4) is 5.69 Å². The van der Waals surface area contributed by atoms with Gasteiger partial charge in [0.25, 0.3) is 5.56 Å². The van der Waals surface area contributed by atoms with Crippen molar-refractivity contribution in [3.05, 3.63) is 58.0 Å². The topological polar surface area (TPSA) is 86.1 Å². The molecular weight excluding hydrogens is 456 g/mol. The Morgan fingerprint density at radius 1 is 1.00 bits per heavy atom. The molecule has 0 spiro atoms. The average molecular weight is 479 g/mol. The van der Waals surface area contributed by atoms with Crippen LogP contribution in [0, 0.1) is 0 Å². The van der Waals surface area contributed by atoms with Gasteiger partial charge in [-0.2, -0.15) is 0 Å². The molecule has 0 bridgehead atoms. The van der Waals surface area contributed by atoms with Gasteiger partial charge in [0.2, 0.25) is 11.7 Å². The highest BCUT2D eigenvalue weighted by Crippen LogP contribution is 2.30. The fraction of sp³-hybridized carbons (Fsp3) is 0.318. The molecule has 5 heterocycles. The molecule has 1 fully saturated rings. The smallest absolute Gasteiger partial charge is 0.272 e. The number of hydrogen-bond donors (Lipinski definition) is 0. The van der Waals surface area contributed by atoms with E-state index in [0.717, 1.165) is 41.2 Å². The predicted molar refractivity (Wildman–Crippen MR) is 131 cm³/mol. The Labute approximate surface area is 197 Å². The molecule has 0 amide bonds. The third-order valence-corrected chi connectivity index (χ3v) is 7.81. The van der Waals surface area contributed by atoms with Crippen LogP contribution in [-0.4, -0.2) is 47.0 Å². The van der Waals surface area contributed by atoms with Crippen molar-refractivity contribution in [1.29, 1.82) is 0 Å². The van der Waals surface area contributed by atoms with Crippen LogP contribution in [-0.2, 0) is 12.8 Å². The Kier molecular flexibility index (Phi) is 5.14. The zero-order chi connectivity index (χ0) is 22.4. The summed E-state index contributed by atoms with van der Waals surface area (Å²) >= 11 is 3.02. The standard InChI is InChI=1S/C22H22N8OS2/c1-27-19(31)18-16(10-13-32-18)30-17(23-24-20(27)30)14-33-22-26-25-21(28-11-6-3-7-12-28)29(22)15-8-4-2-5-9-15/h2,4-5,8-10,13H,3,6-7,11-12,14H2,1H3. The normalized spacial score (nSPS) is 14.5. The zero-order valence-corrected chi connectivity index (χ0v) is 19.7. The van der Waals surface area contributed by atoms with Gasteiger partial charge in [0.05, 0.1) is 17.0 Å². The Morgan fingerprint density at radius 2 is 1.82 bits per heavy atom. The summed E-state index contributed by atoms with van der Waals surface area (Å²) in [4.78, 5) is 14.9. The highest BCUT2D eigenvalue weighted by molar-refractivity contribution is 7.98. The fourth-order valence-corrected chi connectivity index (χ4v) is 6.04. The van der Waals surface area contributed by atoms with Gasteiger partial charge in [-0.15, -0.1) is 31.7 Å². The largest absolute Gasteiger partial charge is 0.341 e. The number of aromatic nitrogens is 7. The summed E-state index contributed by atoms with van der Waals surface area (Å²) in [6.45, 7) is 1.99. The summed E-state index contributed by atoms with van der Waals surface area (Å²) in [5.41, 5.74) is 1.84. The average Bonchev–Trinajstić information content (AvgIpc) is 3.60. The van der Waals surface area contributed by atoms with Crippen molar-refractivity contribution in [1.82, 2.24) is 33.9 Å². The number of rotatable bonds is 5. The number of aryl methyl sites for hydroxylation is 1. The molecule has 11 heteroatoms. The van der Waals surface area contributed by atoms with Gasteiger partial charge in [-0.1, -0.05) is 30.0 Å². The van der Waals surface area contributed by atoms with Crippen LogP contribution in [0.5, 0.6) is 0 Å². The van der Waals surface area contributed by atoms with Crippen LogP contribution in [0.25, 0.3) is 21.7 Å². The van der Waals surface area contributed by atoms with E-state index in [1.165, 1.54) is 30.6 Å². The van der Waals surface area contributed by atoms with E-state index in [1.807, 2.05) is 34.0 Å². The maximum atomic E-state index is 12.6. The molecule has 0 unspecified atom stereocenters. The number of benzene rings is 1. The number of fused-ring (bicyclic) bond motifs is 3. The van der Waals surface area contributed by atoms with Crippen LogP contribution >= 0.6 is 23.1 Å². The Morgan fingerprint density at radius 3 is 2.64 bits per heavy atom. The molecule has 1 aliphatic rings. The van der Waals surface area contributed by atoms with Gasteiger partial charge < -0.3 is 4.90 Å². The van der Waals surface area contributed by atoms with Gasteiger partial charge >= 0.3 is 0 Å². The molecule has 33 heavy (non-hydrogen) atoms. The van der Waals surface area contributed by atoms with Crippen LogP contribution in [0.15, 0.2) is 51.7 Å². The highest BCUT2D eigenvalue weighted by atomic mass is 32.2. The fourth-order valence-electron chi connectivity index (χ4n) is 4.33. The van der Waals surface area contributed by atoms with Gasteiger partial charge in [0, 0.05) is 20.1 Å². The van der Waals surface area contributed by atoms with E-state index in [9.17, 15) is 4.79 Å². The number of thiophene rings is 1. The molecule has 9 nitrogen and oxygen atoms in total. The van der Waals surface area contributed by atoms with Crippen molar-refractivity contribution in [2.75, 3.05) is 18.0 Å². The van der Waals surface area contributed by atoms with Gasteiger partial charge in [-0.25, -0.2) is 0 Å². The van der Waals surface area contributed by atoms with E-state index >= 15 is 0 Å². The minimum absolute atomic E-state index is 0.0471. The summed E-state index contributed by atoms with van der Waals surface area (Å²) in [6.07, 6.45) is 3.60. The monoisotopic (exact) mass is 478 g/mol. The first kappa shape index (κ1) is 20.4. The number of nitrogens with zero attached hydrogens (tertiary/aromatic N) is 8. The number of anilines is 1. The second kappa shape index (κ2) is 8.31. The van der Waals surface area contributed by atoms with Crippen molar-refractivity contribution in [3.63, 3.8) is 0 Å². The molecule has 1 aromatic carbocycles. The van der Waals surface area contributed by atoms with E-state index in [1.54, 1.807) is 23.4 Å². The van der Waals surface area contributed by atoms with Gasteiger partial charge in [0.1, 0.15) is 10.5 Å². The Balaban J connectivity index is 1.39. The van der Waals surface area contributed by atoms with Crippen LogP contribution < -0.4 is 10.5 Å². The Bertz CT molecular complexity index is 1490. The molecule has 0 N–H and O–H groups in total. The lowest BCUT2D eigenvalue weighted by Gasteiger charge is -2.27. The summed E-state index contributed by atoms with van der Waals surface area (Å²) in [7, 11) is 1.74. The van der Waals surface area contributed by atoms with Crippen molar-refractivity contribution in [2.24, 2.45) is 7.05 Å². The lowest BCUT2D eigenvalue weighted by atomic mass is 10.1. The molecule has 0 aliphatic carbocycles. The molecule has 5 aromatic rings. The first-order valence-corrected chi connectivity index (χ1v) is 12.8. The molecule has 0 radical (unpaired) electrons. The third-order valence-electron chi connectivity index (χ3n) is 6.00. The highest BCUT2D eigenvalue weighted by Gasteiger charge is 2.22. The van der Waals surface area contributed by atoms with Crippen LogP contribution in [0.1, 0.15) is 25.1 Å². The molecular formula is C22H22N8OS2. The van der Waals surface area contributed by atoms with Gasteiger partial charge in [0.15, 0.2) is 5.16 Å². The minimum Gasteiger partial charge on any atom is -0.341 e. The number of thioether (sulfide) groups is 1. The van der Waals surface area contributed by atoms with Crippen molar-refractivity contribution >= 4 is 45.0 Å². The maximum Gasteiger partial charge on any atom is 0.272 e. The predicted octanol–water partition coefficient (Wildman–Crippen LogP) is 3.51. The second-order valence-corrected chi connectivity index (χ2v) is 9.90. The molecule has 1 aliphatic heterocycles. The van der Waals surface area contributed by atoms with E-state index in [2.05, 4.69) is 42.0 Å². The van der Waals surface area contributed by atoms with E-state index in [-0.39, 0.29) is 5.56 Å². The lowest BCUT2D eigenvalue weighted by molar-refractivity contribution is 0.564. The zero-order valence-electron chi connectivity index (χ0n) is 18.1. The first-order valence-electron chi connectivity index (χ1n) is 10.9. The van der Waals surface area contributed by atoms with E-state index in [0.29, 0.717) is 16.2 Å². The van der Waals surface area contributed by atoms with Crippen LogP contribution in [0.4, 0.5) is 5.95 Å². The lowest BCUT2D eigenvalue weighted by Crippen LogP contribution is -2.31. The number of hydrogen-bond acceptors (Lipinski definition) is 8. The van der Waals surface area contributed by atoms with Gasteiger partial charge in [-0.05, 0) is 42.8 Å². The SMILES string of the molecule is Cn1c(=O)c2sccc2n2c(CSc3nnc(N4CCCCC4)n3-c3ccccc3)nnc12. The molecule has 6 rings (SSSR count). The maximum absolute atomic E-state index is 12.6. The summed E-state index contributed by atoms with van der Waals surface area (Å²) in [6, 6.07) is 12.2. The molecule has 168 valence electrons. The summed E-state index contributed by atoms with van der Waals surface area (Å²) < 4.78 is 6.36. The van der Waals surface area contributed by atoms with Crippen molar-refractivity contribution in [2.45, 2.75) is 30.2 Å². The van der Waals surface area contributed by atoms with Crippen LogP contribution in [0.2, 0.25) is 0 Å². The van der Waals surface area contributed by atoms with E-state index in [4.69, 9.17) is 0 Å². The minimum atomic E-state index is -0.0471. The third kappa shape index (κ3) is 3.42. The molecule has 1 saturated heterocycles. The second-order valence-electron chi connectivity index (χ2n) is 8.04. The first-order chi connectivity index (χ1) is 16.2. The number of para-hydroxylation sites is 1.